The zero-order valence-corrected chi connectivity index (χ0v) is 14.1. The summed E-state index contributed by atoms with van der Waals surface area (Å²) < 4.78 is 0. The van der Waals surface area contributed by atoms with Gasteiger partial charge >= 0.3 is 0 Å². The molecule has 0 bridgehead atoms. The van der Waals surface area contributed by atoms with Crippen molar-refractivity contribution in [3.05, 3.63) is 91.0 Å². The Labute approximate surface area is 150 Å². The van der Waals surface area contributed by atoms with Crippen molar-refractivity contribution in [3.8, 4) is 11.3 Å². The highest BCUT2D eigenvalue weighted by Gasteiger charge is 2.12. The smallest absolute Gasteiger partial charge is 0.0715 e. The summed E-state index contributed by atoms with van der Waals surface area (Å²) in [4.78, 5) is 4.93. The fraction of sp³-hybridized carbons (Fsp3) is 0. The summed E-state index contributed by atoms with van der Waals surface area (Å²) in [5.74, 6) is 0. The molecule has 0 amide bonds. The molecule has 6 aromatic rings. The predicted octanol–water partition coefficient (Wildman–Crippen LogP) is 6.80. The van der Waals surface area contributed by atoms with Gasteiger partial charge in [-0.05, 0) is 44.5 Å². The van der Waals surface area contributed by atoms with E-state index in [0.717, 1.165) is 11.2 Å². The number of nitrogens with zero attached hydrogens (tertiary/aromatic N) is 1. The molecule has 0 aliphatic heterocycles. The predicted molar refractivity (Wildman–Crippen MR) is 111 cm³/mol. The molecule has 1 aromatic heterocycles. The highest BCUT2D eigenvalue weighted by molar-refractivity contribution is 6.25. The lowest BCUT2D eigenvalue weighted by Crippen LogP contribution is -1.89. The topological polar surface area (TPSA) is 12.9 Å². The van der Waals surface area contributed by atoms with Crippen molar-refractivity contribution in [3.63, 3.8) is 0 Å². The van der Waals surface area contributed by atoms with Crippen LogP contribution in [0, 0.1) is 0 Å². The van der Waals surface area contributed by atoms with Crippen LogP contribution in [0.1, 0.15) is 0 Å². The molecule has 5 aromatic carbocycles. The number of pyridine rings is 1. The molecule has 0 spiro atoms. The zero-order valence-electron chi connectivity index (χ0n) is 14.1. The van der Waals surface area contributed by atoms with Crippen molar-refractivity contribution in [2.75, 3.05) is 0 Å². The summed E-state index contributed by atoms with van der Waals surface area (Å²) in [5.41, 5.74) is 3.26. The van der Waals surface area contributed by atoms with E-state index in [1.165, 1.54) is 43.3 Å². The van der Waals surface area contributed by atoms with E-state index in [0.29, 0.717) is 0 Å². The van der Waals surface area contributed by atoms with Crippen LogP contribution in [0.5, 0.6) is 0 Å². The third kappa shape index (κ3) is 1.83. The molecular formula is C25H15N. The fourth-order valence-electron chi connectivity index (χ4n) is 4.17. The van der Waals surface area contributed by atoms with Gasteiger partial charge in [-0.3, -0.25) is 0 Å². The van der Waals surface area contributed by atoms with Gasteiger partial charge in [0.05, 0.1) is 11.2 Å². The lowest BCUT2D eigenvalue weighted by atomic mass is 9.91. The molecule has 0 atom stereocenters. The first-order chi connectivity index (χ1) is 12.9. The fourth-order valence-corrected chi connectivity index (χ4v) is 4.17. The van der Waals surface area contributed by atoms with Gasteiger partial charge < -0.3 is 0 Å². The number of hydrogen-bond acceptors (Lipinski definition) is 1. The first-order valence-electron chi connectivity index (χ1n) is 8.91. The van der Waals surface area contributed by atoms with Gasteiger partial charge in [0.2, 0.25) is 0 Å². The molecule has 0 aliphatic rings. The van der Waals surface area contributed by atoms with E-state index in [-0.39, 0.29) is 0 Å². The van der Waals surface area contributed by atoms with Gasteiger partial charge in [0.25, 0.3) is 0 Å². The van der Waals surface area contributed by atoms with Crippen molar-refractivity contribution in [1.82, 2.24) is 4.98 Å². The number of benzene rings is 5. The molecule has 0 unspecified atom stereocenters. The van der Waals surface area contributed by atoms with Gasteiger partial charge in [0.15, 0.2) is 0 Å². The van der Waals surface area contributed by atoms with Crippen LogP contribution in [0.15, 0.2) is 91.0 Å². The van der Waals surface area contributed by atoms with Crippen LogP contribution in [-0.4, -0.2) is 4.98 Å². The van der Waals surface area contributed by atoms with Crippen molar-refractivity contribution < 1.29 is 0 Å². The molecule has 0 saturated heterocycles. The molecule has 6 rings (SSSR count). The van der Waals surface area contributed by atoms with E-state index in [1.807, 2.05) is 6.07 Å². The minimum atomic E-state index is 1.03. The minimum absolute atomic E-state index is 1.03. The Morgan fingerprint density at radius 1 is 0.462 bits per heavy atom. The van der Waals surface area contributed by atoms with Crippen molar-refractivity contribution >= 4 is 43.2 Å². The van der Waals surface area contributed by atoms with Crippen LogP contribution in [0.3, 0.4) is 0 Å². The van der Waals surface area contributed by atoms with Gasteiger partial charge in [-0.15, -0.1) is 0 Å². The second-order valence-corrected chi connectivity index (χ2v) is 6.86. The Balaban J connectivity index is 1.75. The van der Waals surface area contributed by atoms with Gasteiger partial charge in [-0.2, -0.15) is 0 Å². The first-order valence-corrected chi connectivity index (χ1v) is 8.91. The number of fused-ring (bicyclic) bond motifs is 1. The van der Waals surface area contributed by atoms with E-state index in [4.69, 9.17) is 4.98 Å². The van der Waals surface area contributed by atoms with Crippen molar-refractivity contribution in [2.45, 2.75) is 0 Å². The molecule has 1 heterocycles. The van der Waals surface area contributed by atoms with Gasteiger partial charge in [-0.25, -0.2) is 4.98 Å². The van der Waals surface area contributed by atoms with Crippen molar-refractivity contribution in [1.29, 1.82) is 0 Å². The third-order valence-electron chi connectivity index (χ3n) is 5.40. The Morgan fingerprint density at radius 3 is 2.00 bits per heavy atom. The highest BCUT2D eigenvalue weighted by Crippen LogP contribution is 2.38. The molecule has 120 valence electrons. The molecule has 0 radical (unpaired) electrons. The largest absolute Gasteiger partial charge is 0.248 e. The van der Waals surface area contributed by atoms with E-state index in [2.05, 4.69) is 84.9 Å². The lowest BCUT2D eigenvalue weighted by Gasteiger charge is -2.14. The first kappa shape index (κ1) is 13.8. The molecule has 26 heavy (non-hydrogen) atoms. The maximum absolute atomic E-state index is 4.93. The molecule has 0 N–H and O–H groups in total. The van der Waals surface area contributed by atoms with Gasteiger partial charge in [0.1, 0.15) is 0 Å². The van der Waals surface area contributed by atoms with Crippen molar-refractivity contribution in [2.24, 2.45) is 0 Å². The normalized spacial score (nSPS) is 11.8. The summed E-state index contributed by atoms with van der Waals surface area (Å²) in [5, 5.41) is 9.02. The van der Waals surface area contributed by atoms with Crippen LogP contribution in [0.2, 0.25) is 0 Å². The summed E-state index contributed by atoms with van der Waals surface area (Å²) in [6.07, 6.45) is 0. The Bertz CT molecular complexity index is 1410. The maximum atomic E-state index is 4.93. The van der Waals surface area contributed by atoms with E-state index in [9.17, 15) is 0 Å². The number of hydrogen-bond donors (Lipinski definition) is 0. The molecular weight excluding hydrogens is 314 g/mol. The van der Waals surface area contributed by atoms with E-state index in [1.54, 1.807) is 0 Å². The van der Waals surface area contributed by atoms with E-state index < -0.39 is 0 Å². The van der Waals surface area contributed by atoms with Gasteiger partial charge in [0, 0.05) is 10.9 Å². The van der Waals surface area contributed by atoms with Crippen LogP contribution >= 0.6 is 0 Å². The van der Waals surface area contributed by atoms with E-state index >= 15 is 0 Å². The summed E-state index contributed by atoms with van der Waals surface area (Å²) in [6.45, 7) is 0. The molecule has 0 saturated carbocycles. The number of para-hydroxylation sites is 1. The molecule has 0 fully saturated rings. The average Bonchev–Trinajstić information content (AvgIpc) is 2.71. The molecule has 0 aliphatic carbocycles. The van der Waals surface area contributed by atoms with Crippen LogP contribution < -0.4 is 0 Å². The SMILES string of the molecule is c1ccc2nc(-c3ccc4ccc5cccc6ccc3c4c56)ccc2c1. The minimum Gasteiger partial charge on any atom is -0.248 e. The van der Waals surface area contributed by atoms with Crippen LogP contribution in [0.25, 0.3) is 54.5 Å². The Kier molecular flexibility index (Phi) is 2.67. The Hall–Kier alpha value is -3.45. The highest BCUT2D eigenvalue weighted by atomic mass is 14.7. The molecule has 1 heteroatoms. The third-order valence-corrected chi connectivity index (χ3v) is 5.40. The summed E-state index contributed by atoms with van der Waals surface area (Å²) in [6, 6.07) is 32.5. The number of rotatable bonds is 1. The second kappa shape index (κ2) is 5.03. The maximum Gasteiger partial charge on any atom is 0.0715 e. The molecule has 1 nitrogen and oxygen atoms in total. The zero-order chi connectivity index (χ0) is 17.1. The summed E-state index contributed by atoms with van der Waals surface area (Å²) in [7, 11) is 0. The lowest BCUT2D eigenvalue weighted by molar-refractivity contribution is 1.41. The quantitative estimate of drug-likeness (QED) is 0.302. The monoisotopic (exact) mass is 329 g/mol. The average molecular weight is 329 g/mol. The standard InChI is InChI=1S/C25H15N/c1-2-7-22-16(4-1)12-15-23(26-22)20-13-10-19-9-8-17-5-3-6-18-11-14-21(20)25(19)24(17)18/h1-15H. The van der Waals surface area contributed by atoms with Gasteiger partial charge in [-0.1, -0.05) is 78.9 Å². The number of aromatic nitrogens is 1. The van der Waals surface area contributed by atoms with Crippen LogP contribution in [0.4, 0.5) is 0 Å². The summed E-state index contributed by atoms with van der Waals surface area (Å²) >= 11 is 0. The van der Waals surface area contributed by atoms with Crippen LogP contribution in [-0.2, 0) is 0 Å². The Morgan fingerprint density at radius 2 is 1.12 bits per heavy atom. The second-order valence-electron chi connectivity index (χ2n) is 6.86.